The van der Waals surface area contributed by atoms with Crippen molar-refractivity contribution in [3.05, 3.63) is 47.6 Å². The van der Waals surface area contributed by atoms with Crippen LogP contribution in [0.15, 0.2) is 46.0 Å². The van der Waals surface area contributed by atoms with Crippen molar-refractivity contribution in [3.63, 3.8) is 0 Å². The summed E-state index contributed by atoms with van der Waals surface area (Å²) in [5, 5.41) is 22.0. The lowest BCUT2D eigenvalue weighted by Gasteiger charge is -2.41. The van der Waals surface area contributed by atoms with Gasteiger partial charge in [-0.2, -0.15) is 0 Å². The summed E-state index contributed by atoms with van der Waals surface area (Å²) in [6.45, 7) is 2.24. The lowest BCUT2D eigenvalue weighted by molar-refractivity contribution is -0.0201. The second kappa shape index (κ2) is 9.49. The van der Waals surface area contributed by atoms with Gasteiger partial charge in [0.15, 0.2) is 0 Å². The highest BCUT2D eigenvalue weighted by Crippen LogP contribution is 2.28. The fraction of sp³-hybridized carbons (Fsp3) is 0.500. The van der Waals surface area contributed by atoms with Crippen molar-refractivity contribution in [3.8, 4) is 0 Å². The van der Waals surface area contributed by atoms with Gasteiger partial charge in [0.2, 0.25) is 10.0 Å². The molecule has 2 aliphatic rings. The second-order valence-electron chi connectivity index (χ2n) is 7.66. The van der Waals surface area contributed by atoms with Gasteiger partial charge in [0.25, 0.3) is 0 Å². The van der Waals surface area contributed by atoms with E-state index in [1.165, 1.54) is 18.2 Å². The number of hydrogen-bond acceptors (Lipinski definition) is 8. The summed E-state index contributed by atoms with van der Waals surface area (Å²) < 4.78 is 46.7. The summed E-state index contributed by atoms with van der Waals surface area (Å²) in [4.78, 5) is 4.21. The fourth-order valence-corrected chi connectivity index (χ4v) is 6.29. The predicted octanol–water partition coefficient (Wildman–Crippen LogP) is 0.477. The highest BCUT2D eigenvalue weighted by Gasteiger charge is 2.47. The topological polar surface area (TPSA) is 102 Å². The number of aliphatic hydroxyl groups excluding tert-OH is 2. The molecule has 0 radical (unpaired) electrons. The van der Waals surface area contributed by atoms with Crippen molar-refractivity contribution in [1.29, 1.82) is 0 Å². The molecule has 8 nitrogen and oxygen atoms in total. The highest BCUT2D eigenvalue weighted by atomic mass is 32.2. The molecule has 1 aromatic carbocycles. The maximum absolute atomic E-state index is 13.2. The third-order valence-corrected chi connectivity index (χ3v) is 8.62. The lowest BCUT2D eigenvalue weighted by Crippen LogP contribution is -2.57. The number of nitrogens with zero attached hydrogens (tertiary/aromatic N) is 2. The van der Waals surface area contributed by atoms with E-state index in [0.717, 1.165) is 17.0 Å². The molecule has 3 heterocycles. The van der Waals surface area contributed by atoms with Gasteiger partial charge >= 0.3 is 0 Å². The van der Waals surface area contributed by atoms with Gasteiger partial charge < -0.3 is 19.8 Å². The van der Waals surface area contributed by atoms with Crippen LogP contribution in [0.3, 0.4) is 0 Å². The molecule has 170 valence electrons. The number of benzene rings is 1. The van der Waals surface area contributed by atoms with E-state index in [2.05, 4.69) is 14.5 Å². The first-order valence-corrected chi connectivity index (χ1v) is 12.5. The van der Waals surface area contributed by atoms with E-state index in [1.54, 1.807) is 23.6 Å². The molecule has 4 atom stereocenters. The summed E-state index contributed by atoms with van der Waals surface area (Å²) in [6.07, 6.45) is -2.30. The van der Waals surface area contributed by atoms with Gasteiger partial charge in [0.05, 0.1) is 18.8 Å². The average Bonchev–Trinajstić information content (AvgIpc) is 3.42. The number of aliphatic hydroxyl groups is 2. The van der Waals surface area contributed by atoms with Crippen LogP contribution in [-0.4, -0.2) is 87.2 Å². The number of rotatable bonds is 7. The van der Waals surface area contributed by atoms with Crippen LogP contribution in [0, 0.1) is 5.82 Å². The lowest BCUT2D eigenvalue weighted by atomic mass is 10.0. The highest BCUT2D eigenvalue weighted by molar-refractivity contribution is 7.91. The number of sulfonamides is 1. The summed E-state index contributed by atoms with van der Waals surface area (Å²) >= 11 is 1.13. The molecule has 0 aliphatic carbocycles. The van der Waals surface area contributed by atoms with E-state index in [0.29, 0.717) is 26.2 Å². The molecule has 0 bridgehead atoms. The molecular weight excluding hydrogens is 445 g/mol. The maximum Gasteiger partial charge on any atom is 0.250 e. The van der Waals surface area contributed by atoms with Crippen molar-refractivity contribution >= 4 is 27.0 Å². The fourth-order valence-electron chi connectivity index (χ4n) is 4.21. The van der Waals surface area contributed by atoms with Gasteiger partial charge in [-0.3, -0.25) is 4.90 Å². The van der Waals surface area contributed by atoms with Gasteiger partial charge in [-0.1, -0.05) is 6.07 Å². The Bertz CT molecular complexity index is 950. The van der Waals surface area contributed by atoms with Gasteiger partial charge in [0.1, 0.15) is 22.2 Å². The molecule has 31 heavy (non-hydrogen) atoms. The van der Waals surface area contributed by atoms with Crippen LogP contribution in [0.1, 0.15) is 0 Å². The number of thiophene rings is 1. The monoisotopic (exact) mass is 471 g/mol. The van der Waals surface area contributed by atoms with Crippen LogP contribution < -0.4 is 9.62 Å². The number of halogens is 1. The number of anilines is 1. The zero-order valence-corrected chi connectivity index (χ0v) is 18.4. The van der Waals surface area contributed by atoms with Crippen molar-refractivity contribution in [2.24, 2.45) is 0 Å². The Morgan fingerprint density at radius 1 is 1.13 bits per heavy atom. The Kier molecular flexibility index (Phi) is 6.92. The SMILES string of the molecule is O=S(=O)(NCC1OC(CO)C(O)C1N1CCN(c2ccc(F)cc2)CC1)c1cccs1. The standard InChI is InChI=1S/C20H26FN3O5S2/c21-14-3-5-15(6-4-14)23-7-9-24(10-8-23)19-16(29-17(13-25)20(19)26)12-22-31(27,28)18-2-1-11-30-18/h1-6,11,16-17,19-20,22,25-26H,7-10,12-13H2. The zero-order valence-electron chi connectivity index (χ0n) is 16.8. The van der Waals surface area contributed by atoms with E-state index in [-0.39, 0.29) is 23.2 Å². The maximum atomic E-state index is 13.2. The first-order chi connectivity index (χ1) is 14.9. The molecule has 1 aromatic heterocycles. The summed E-state index contributed by atoms with van der Waals surface area (Å²) in [6, 6.07) is 9.08. The van der Waals surface area contributed by atoms with Crippen molar-refractivity contribution in [2.45, 2.75) is 28.6 Å². The van der Waals surface area contributed by atoms with Crippen molar-refractivity contribution < 1.29 is 27.8 Å². The molecule has 0 spiro atoms. The molecular formula is C20H26FN3O5S2. The molecule has 3 N–H and O–H groups in total. The molecule has 0 amide bonds. The van der Waals surface area contributed by atoms with Gasteiger partial charge in [-0.25, -0.2) is 17.5 Å². The van der Waals surface area contributed by atoms with Crippen LogP contribution in [0.4, 0.5) is 10.1 Å². The van der Waals surface area contributed by atoms with Crippen LogP contribution in [0.25, 0.3) is 0 Å². The number of nitrogens with one attached hydrogen (secondary N) is 1. The van der Waals surface area contributed by atoms with E-state index >= 15 is 0 Å². The third-order valence-electron chi connectivity index (χ3n) is 5.80. The number of piperazine rings is 1. The summed E-state index contributed by atoms with van der Waals surface area (Å²) in [7, 11) is -3.66. The third kappa shape index (κ3) is 4.92. The number of hydrogen-bond donors (Lipinski definition) is 3. The van der Waals surface area contributed by atoms with Crippen LogP contribution in [-0.2, 0) is 14.8 Å². The minimum Gasteiger partial charge on any atom is -0.394 e. The largest absolute Gasteiger partial charge is 0.394 e. The molecule has 2 aromatic rings. The number of ether oxygens (including phenoxy) is 1. The summed E-state index contributed by atoms with van der Waals surface area (Å²) in [5.41, 5.74) is 0.928. The second-order valence-corrected chi connectivity index (χ2v) is 10.6. The van der Waals surface area contributed by atoms with Crippen LogP contribution in [0.5, 0.6) is 0 Å². The normalized spacial score (nSPS) is 27.6. The van der Waals surface area contributed by atoms with Gasteiger partial charge in [-0.15, -0.1) is 11.3 Å². The Balaban J connectivity index is 1.42. The molecule has 11 heteroatoms. The zero-order chi connectivity index (χ0) is 22.0. The molecule has 2 saturated heterocycles. The van der Waals surface area contributed by atoms with Crippen molar-refractivity contribution in [2.75, 3.05) is 44.2 Å². The average molecular weight is 472 g/mol. The first-order valence-electron chi connectivity index (χ1n) is 10.1. The van der Waals surface area contributed by atoms with Gasteiger partial charge in [0, 0.05) is 38.4 Å². The smallest absolute Gasteiger partial charge is 0.250 e. The minimum absolute atomic E-state index is 0.00334. The molecule has 4 unspecified atom stereocenters. The van der Waals surface area contributed by atoms with E-state index < -0.39 is 34.4 Å². The van der Waals surface area contributed by atoms with E-state index in [4.69, 9.17) is 4.74 Å². The van der Waals surface area contributed by atoms with Crippen LogP contribution >= 0.6 is 11.3 Å². The minimum atomic E-state index is -3.66. The molecule has 2 aliphatic heterocycles. The molecule has 2 fully saturated rings. The molecule has 4 rings (SSSR count). The Hall–Kier alpha value is -1.60. The summed E-state index contributed by atoms with van der Waals surface area (Å²) in [5.74, 6) is -0.281. The Labute approximate surface area is 184 Å². The van der Waals surface area contributed by atoms with Gasteiger partial charge in [-0.05, 0) is 35.7 Å². The van der Waals surface area contributed by atoms with Crippen molar-refractivity contribution in [1.82, 2.24) is 9.62 Å². The Morgan fingerprint density at radius 2 is 1.84 bits per heavy atom. The molecule has 0 saturated carbocycles. The Morgan fingerprint density at radius 3 is 2.45 bits per heavy atom. The van der Waals surface area contributed by atoms with E-state index in [9.17, 15) is 23.0 Å². The first kappa shape index (κ1) is 22.6. The predicted molar refractivity (Wildman–Crippen MR) is 115 cm³/mol. The van der Waals surface area contributed by atoms with E-state index in [1.807, 2.05) is 0 Å². The van der Waals surface area contributed by atoms with Crippen LogP contribution in [0.2, 0.25) is 0 Å². The quantitative estimate of drug-likeness (QED) is 0.540.